The Bertz CT molecular complexity index is 992. The van der Waals surface area contributed by atoms with E-state index in [1.807, 2.05) is 0 Å². The zero-order valence-corrected chi connectivity index (χ0v) is 21.8. The highest BCUT2D eigenvalue weighted by molar-refractivity contribution is 14.0. The van der Waals surface area contributed by atoms with Crippen molar-refractivity contribution in [1.82, 2.24) is 10.6 Å². The van der Waals surface area contributed by atoms with Crippen LogP contribution in [-0.4, -0.2) is 34.2 Å². The van der Waals surface area contributed by atoms with E-state index < -0.39 is 9.84 Å². The number of sulfone groups is 1. The fraction of sp³-hybridized carbons (Fsp3) is 0.458. The molecule has 0 aromatic heterocycles. The number of hydrogen-bond donors (Lipinski definition) is 2. The molecule has 5 nitrogen and oxygen atoms in total. The molecule has 2 aromatic carbocycles. The van der Waals surface area contributed by atoms with Crippen LogP contribution in [0.3, 0.4) is 0 Å². The van der Waals surface area contributed by atoms with Crippen molar-refractivity contribution < 1.29 is 12.8 Å². The molecule has 176 valence electrons. The van der Waals surface area contributed by atoms with E-state index in [1.165, 1.54) is 55.7 Å². The molecule has 0 heterocycles. The molecular weight excluding hydrogens is 540 g/mol. The first-order valence-electron chi connectivity index (χ1n) is 10.8. The van der Waals surface area contributed by atoms with Crippen molar-refractivity contribution in [2.24, 2.45) is 10.9 Å². The van der Waals surface area contributed by atoms with E-state index >= 15 is 0 Å². The summed E-state index contributed by atoms with van der Waals surface area (Å²) < 4.78 is 37.1. The second kappa shape index (κ2) is 12.5. The van der Waals surface area contributed by atoms with Crippen LogP contribution in [0, 0.1) is 11.7 Å². The lowest BCUT2D eigenvalue weighted by Crippen LogP contribution is -2.40. The Morgan fingerprint density at radius 1 is 1.03 bits per heavy atom. The smallest absolute Gasteiger partial charge is 0.191 e. The molecule has 0 spiro atoms. The standard InChI is InChI=1S/C24H32FN3O2S.HI/c1-26-24(28-16-22-14-23(25)13-12-21(22)17-31(2,29)30)27-15-18-8-10-20(11-9-18)19-6-4-3-5-7-19;/h3-7,12-14,18,20H,8-11,15-17H2,1-2H3,(H2,26,27,28);1H. The van der Waals surface area contributed by atoms with E-state index in [0.717, 1.165) is 6.54 Å². The molecular formula is C24H33FIN3O2S. The topological polar surface area (TPSA) is 70.6 Å². The molecule has 1 fully saturated rings. The van der Waals surface area contributed by atoms with Gasteiger partial charge in [0.2, 0.25) is 0 Å². The molecule has 2 aromatic rings. The van der Waals surface area contributed by atoms with Crippen LogP contribution in [0.25, 0.3) is 0 Å². The number of guanidine groups is 1. The summed E-state index contributed by atoms with van der Waals surface area (Å²) in [7, 11) is -1.50. The number of nitrogens with zero attached hydrogens (tertiary/aromatic N) is 1. The predicted octanol–water partition coefficient (Wildman–Crippen LogP) is 4.63. The molecule has 0 bridgehead atoms. The van der Waals surface area contributed by atoms with E-state index in [4.69, 9.17) is 0 Å². The molecule has 0 atom stereocenters. The highest BCUT2D eigenvalue weighted by Crippen LogP contribution is 2.35. The predicted molar refractivity (Wildman–Crippen MR) is 140 cm³/mol. The number of nitrogens with one attached hydrogen (secondary N) is 2. The lowest BCUT2D eigenvalue weighted by Gasteiger charge is -2.29. The fourth-order valence-corrected chi connectivity index (χ4v) is 5.09. The summed E-state index contributed by atoms with van der Waals surface area (Å²) in [6.07, 6.45) is 5.92. The number of halogens is 2. The minimum absolute atomic E-state index is 0. The molecule has 2 N–H and O–H groups in total. The van der Waals surface area contributed by atoms with E-state index in [0.29, 0.717) is 35.5 Å². The SMILES string of the molecule is CN=C(NCc1cc(F)ccc1CS(C)(=O)=O)NCC1CCC(c2ccccc2)CC1.I. The molecule has 0 unspecified atom stereocenters. The zero-order chi connectivity index (χ0) is 22.3. The summed E-state index contributed by atoms with van der Waals surface area (Å²) in [5, 5.41) is 6.56. The first kappa shape index (κ1) is 26.6. The van der Waals surface area contributed by atoms with Crippen molar-refractivity contribution >= 4 is 39.8 Å². The molecule has 0 amide bonds. The Balaban J connectivity index is 0.00000363. The van der Waals surface area contributed by atoms with Gasteiger partial charge in [-0.2, -0.15) is 0 Å². The van der Waals surface area contributed by atoms with Gasteiger partial charge in [-0.3, -0.25) is 4.99 Å². The average Bonchev–Trinajstić information content (AvgIpc) is 2.76. The summed E-state index contributed by atoms with van der Waals surface area (Å²) in [6.45, 7) is 1.14. The van der Waals surface area contributed by atoms with Gasteiger partial charge in [-0.1, -0.05) is 36.4 Å². The third-order valence-corrected chi connectivity index (χ3v) is 6.77. The Kier molecular flexibility index (Phi) is 10.4. The molecule has 0 aliphatic heterocycles. The highest BCUT2D eigenvalue weighted by atomic mass is 127. The summed E-state index contributed by atoms with van der Waals surface area (Å²) >= 11 is 0. The van der Waals surface area contributed by atoms with Crippen LogP contribution >= 0.6 is 24.0 Å². The third kappa shape index (κ3) is 8.35. The molecule has 1 aliphatic carbocycles. The molecule has 0 radical (unpaired) electrons. The van der Waals surface area contributed by atoms with Crippen LogP contribution in [0.2, 0.25) is 0 Å². The normalized spacial score (nSPS) is 19.2. The maximum absolute atomic E-state index is 13.7. The first-order chi connectivity index (χ1) is 14.8. The minimum atomic E-state index is -3.20. The van der Waals surface area contributed by atoms with E-state index in [-0.39, 0.29) is 35.5 Å². The van der Waals surface area contributed by atoms with Crippen molar-refractivity contribution in [3.8, 4) is 0 Å². The lowest BCUT2D eigenvalue weighted by molar-refractivity contribution is 0.324. The van der Waals surface area contributed by atoms with E-state index in [2.05, 4.69) is 46.0 Å². The Morgan fingerprint density at radius 3 is 2.34 bits per heavy atom. The molecule has 1 aliphatic rings. The van der Waals surface area contributed by atoms with Crippen LogP contribution in [0.15, 0.2) is 53.5 Å². The summed E-state index contributed by atoms with van der Waals surface area (Å²) in [4.78, 5) is 4.26. The van der Waals surface area contributed by atoms with Gasteiger partial charge < -0.3 is 10.6 Å². The Labute approximate surface area is 208 Å². The monoisotopic (exact) mass is 573 g/mol. The molecule has 32 heavy (non-hydrogen) atoms. The van der Waals surface area contributed by atoms with E-state index in [9.17, 15) is 12.8 Å². The van der Waals surface area contributed by atoms with Gasteiger partial charge >= 0.3 is 0 Å². The summed E-state index contributed by atoms with van der Waals surface area (Å²) in [6, 6.07) is 14.9. The maximum atomic E-state index is 13.7. The van der Waals surface area contributed by atoms with Crippen molar-refractivity contribution in [3.05, 3.63) is 71.0 Å². The van der Waals surface area contributed by atoms with Crippen LogP contribution in [0.1, 0.15) is 48.3 Å². The zero-order valence-electron chi connectivity index (χ0n) is 18.7. The third-order valence-electron chi connectivity index (χ3n) is 5.93. The Morgan fingerprint density at radius 2 is 1.72 bits per heavy atom. The average molecular weight is 574 g/mol. The number of hydrogen-bond acceptors (Lipinski definition) is 3. The van der Waals surface area contributed by atoms with Gasteiger partial charge in [0, 0.05) is 26.4 Å². The van der Waals surface area contributed by atoms with Gasteiger partial charge in [-0.25, -0.2) is 12.8 Å². The van der Waals surface area contributed by atoms with Gasteiger partial charge in [0.05, 0.1) is 5.75 Å². The summed E-state index contributed by atoms with van der Waals surface area (Å²) in [5.74, 6) is 1.39. The van der Waals surface area contributed by atoms with Crippen molar-refractivity contribution in [1.29, 1.82) is 0 Å². The van der Waals surface area contributed by atoms with Crippen molar-refractivity contribution in [3.63, 3.8) is 0 Å². The second-order valence-corrected chi connectivity index (χ2v) is 10.6. The number of benzene rings is 2. The van der Waals surface area contributed by atoms with Crippen molar-refractivity contribution in [2.75, 3.05) is 19.8 Å². The first-order valence-corrected chi connectivity index (χ1v) is 12.8. The van der Waals surface area contributed by atoms with Crippen molar-refractivity contribution in [2.45, 2.75) is 43.9 Å². The van der Waals surface area contributed by atoms with Gasteiger partial charge in [0.15, 0.2) is 15.8 Å². The fourth-order valence-electron chi connectivity index (χ4n) is 4.25. The summed E-state index contributed by atoms with van der Waals surface area (Å²) in [5.41, 5.74) is 2.66. The molecule has 3 rings (SSSR count). The highest BCUT2D eigenvalue weighted by Gasteiger charge is 2.22. The second-order valence-electron chi connectivity index (χ2n) is 8.42. The molecule has 8 heteroatoms. The number of rotatable bonds is 7. The molecule has 1 saturated carbocycles. The van der Waals surface area contributed by atoms with Crippen LogP contribution in [0.4, 0.5) is 4.39 Å². The van der Waals surface area contributed by atoms with Gasteiger partial charge in [0.1, 0.15) is 5.82 Å². The number of aliphatic imine (C=N–C) groups is 1. The lowest BCUT2D eigenvalue weighted by atomic mass is 9.79. The quantitative estimate of drug-likeness (QED) is 0.288. The minimum Gasteiger partial charge on any atom is -0.356 e. The van der Waals surface area contributed by atoms with Crippen LogP contribution in [-0.2, 0) is 22.1 Å². The maximum Gasteiger partial charge on any atom is 0.191 e. The largest absolute Gasteiger partial charge is 0.356 e. The van der Waals surface area contributed by atoms with Gasteiger partial charge in [0.25, 0.3) is 0 Å². The van der Waals surface area contributed by atoms with E-state index in [1.54, 1.807) is 7.05 Å². The van der Waals surface area contributed by atoms with Crippen LogP contribution in [0.5, 0.6) is 0 Å². The molecule has 0 saturated heterocycles. The Hall–Kier alpha value is -1.68. The van der Waals surface area contributed by atoms with Crippen LogP contribution < -0.4 is 10.6 Å². The van der Waals surface area contributed by atoms with Gasteiger partial charge in [-0.15, -0.1) is 24.0 Å². The van der Waals surface area contributed by atoms with Gasteiger partial charge in [-0.05, 0) is 66.3 Å².